The molecule has 1 heterocycles. The molecule has 0 aromatic heterocycles. The van der Waals surface area contributed by atoms with Crippen molar-refractivity contribution in [2.45, 2.75) is 37.9 Å². The zero-order chi connectivity index (χ0) is 8.55. The van der Waals surface area contributed by atoms with E-state index >= 15 is 0 Å². The number of hydrogen-bond donors (Lipinski definition) is 0. The topological polar surface area (TPSA) is 12.5 Å². The largest absolute Gasteiger partial charge is 0.370 e. The third-order valence-electron chi connectivity index (χ3n) is 3.05. The summed E-state index contributed by atoms with van der Waals surface area (Å²) < 4.78 is 5.52. The van der Waals surface area contributed by atoms with Crippen molar-refractivity contribution in [3.63, 3.8) is 0 Å². The zero-order valence-electron chi connectivity index (χ0n) is 8.08. The van der Waals surface area contributed by atoms with E-state index in [0.717, 1.165) is 5.92 Å². The normalized spacial score (nSPS) is 39.8. The maximum absolute atomic E-state index is 5.52. The fraction of sp³-hybridized carbons (Fsp3) is 1.00. The van der Waals surface area contributed by atoms with Gasteiger partial charge in [0.1, 0.15) is 5.75 Å². The Morgan fingerprint density at radius 3 is 2.75 bits per heavy atom. The van der Waals surface area contributed by atoms with E-state index in [9.17, 15) is 0 Å². The van der Waals surface area contributed by atoms with Gasteiger partial charge in [0.05, 0.1) is 24.7 Å². The lowest BCUT2D eigenvalue weighted by Crippen LogP contribution is -2.16. The van der Waals surface area contributed by atoms with E-state index in [4.69, 9.17) is 4.74 Å². The van der Waals surface area contributed by atoms with Gasteiger partial charge >= 0.3 is 0 Å². The molecule has 0 bridgehead atoms. The molecule has 1 aliphatic heterocycles. The van der Waals surface area contributed by atoms with E-state index in [-0.39, 0.29) is 0 Å². The van der Waals surface area contributed by atoms with Crippen LogP contribution in [0.2, 0.25) is 0 Å². The highest BCUT2D eigenvalue weighted by atomic mass is 32.2. The SMILES string of the molecule is C[S+](C)CCC1CCC2OC2C1. The molecule has 0 N–H and O–H groups in total. The second-order valence-electron chi connectivity index (χ2n) is 4.37. The lowest BCUT2D eigenvalue weighted by Gasteiger charge is -2.17. The molecule has 2 rings (SSSR count). The van der Waals surface area contributed by atoms with Gasteiger partial charge in [-0.15, -0.1) is 0 Å². The van der Waals surface area contributed by atoms with Crippen LogP contribution < -0.4 is 0 Å². The highest BCUT2D eigenvalue weighted by Gasteiger charge is 2.43. The average Bonchev–Trinajstić information content (AvgIpc) is 2.78. The van der Waals surface area contributed by atoms with Crippen molar-refractivity contribution in [1.82, 2.24) is 0 Å². The minimum Gasteiger partial charge on any atom is -0.370 e. The van der Waals surface area contributed by atoms with Gasteiger partial charge < -0.3 is 4.74 Å². The third-order valence-corrected chi connectivity index (χ3v) is 4.10. The van der Waals surface area contributed by atoms with Crippen molar-refractivity contribution in [2.75, 3.05) is 18.3 Å². The molecule has 1 saturated heterocycles. The van der Waals surface area contributed by atoms with Gasteiger partial charge in [-0.3, -0.25) is 0 Å². The quantitative estimate of drug-likeness (QED) is 0.485. The number of ether oxygens (including phenoxy) is 1. The van der Waals surface area contributed by atoms with Gasteiger partial charge in [0.25, 0.3) is 0 Å². The first kappa shape index (κ1) is 8.89. The van der Waals surface area contributed by atoms with Gasteiger partial charge in [0, 0.05) is 0 Å². The number of rotatable bonds is 3. The van der Waals surface area contributed by atoms with Crippen LogP contribution in [0, 0.1) is 5.92 Å². The average molecular weight is 187 g/mol. The summed E-state index contributed by atoms with van der Waals surface area (Å²) >= 11 is 0. The van der Waals surface area contributed by atoms with Crippen molar-refractivity contribution in [2.24, 2.45) is 5.92 Å². The fourth-order valence-electron chi connectivity index (χ4n) is 2.15. The Morgan fingerprint density at radius 2 is 2.08 bits per heavy atom. The van der Waals surface area contributed by atoms with Crippen LogP contribution in [0.1, 0.15) is 25.7 Å². The highest BCUT2D eigenvalue weighted by molar-refractivity contribution is 7.95. The smallest absolute Gasteiger partial charge is 0.107 e. The van der Waals surface area contributed by atoms with Gasteiger partial charge in [-0.05, 0) is 42.5 Å². The molecule has 12 heavy (non-hydrogen) atoms. The molecule has 0 spiro atoms. The Labute approximate surface area is 78.2 Å². The van der Waals surface area contributed by atoms with Gasteiger partial charge in [-0.1, -0.05) is 0 Å². The van der Waals surface area contributed by atoms with Gasteiger partial charge in [0.2, 0.25) is 0 Å². The predicted molar refractivity (Wildman–Crippen MR) is 54.7 cm³/mol. The van der Waals surface area contributed by atoms with Crippen molar-refractivity contribution in [3.8, 4) is 0 Å². The summed E-state index contributed by atoms with van der Waals surface area (Å²) in [5.74, 6) is 2.42. The van der Waals surface area contributed by atoms with Gasteiger partial charge in [-0.2, -0.15) is 0 Å². The summed E-state index contributed by atoms with van der Waals surface area (Å²) in [4.78, 5) is 0. The number of hydrogen-bond acceptors (Lipinski definition) is 1. The lowest BCUT2D eigenvalue weighted by molar-refractivity contribution is 0.358. The molecule has 0 radical (unpaired) electrons. The molecule has 2 fully saturated rings. The number of fused-ring (bicyclic) bond motifs is 1. The first-order valence-corrected chi connectivity index (χ1v) is 7.16. The number of epoxide rings is 1. The molecule has 3 unspecified atom stereocenters. The van der Waals surface area contributed by atoms with Crippen molar-refractivity contribution >= 4 is 10.9 Å². The summed E-state index contributed by atoms with van der Waals surface area (Å²) in [6, 6.07) is 0. The van der Waals surface area contributed by atoms with Crippen LogP contribution in [-0.4, -0.2) is 30.5 Å². The Balaban J connectivity index is 1.67. The zero-order valence-corrected chi connectivity index (χ0v) is 8.90. The summed E-state index contributed by atoms with van der Waals surface area (Å²) in [7, 11) is 0.644. The van der Waals surface area contributed by atoms with E-state index in [0.29, 0.717) is 23.1 Å². The molecule has 0 amide bonds. The van der Waals surface area contributed by atoms with E-state index < -0.39 is 0 Å². The summed E-state index contributed by atoms with van der Waals surface area (Å²) in [5.41, 5.74) is 0. The molecule has 1 saturated carbocycles. The molecule has 3 atom stereocenters. The summed E-state index contributed by atoms with van der Waals surface area (Å²) in [6.07, 6.45) is 11.6. The molecule has 1 aliphatic carbocycles. The Kier molecular flexibility index (Phi) is 2.66. The van der Waals surface area contributed by atoms with Crippen molar-refractivity contribution in [3.05, 3.63) is 0 Å². The van der Waals surface area contributed by atoms with E-state index in [1.807, 2.05) is 0 Å². The first-order valence-electron chi connectivity index (χ1n) is 4.95. The molecular formula is C10H19OS+. The molecule has 1 nitrogen and oxygen atoms in total. The van der Waals surface area contributed by atoms with Crippen molar-refractivity contribution in [1.29, 1.82) is 0 Å². The minimum absolute atomic E-state index is 0.644. The summed E-state index contributed by atoms with van der Waals surface area (Å²) in [5, 5.41) is 0. The lowest BCUT2D eigenvalue weighted by atomic mass is 9.88. The second kappa shape index (κ2) is 3.59. The van der Waals surface area contributed by atoms with Gasteiger partial charge in [-0.25, -0.2) is 0 Å². The van der Waals surface area contributed by atoms with Crippen LogP contribution in [-0.2, 0) is 15.6 Å². The van der Waals surface area contributed by atoms with Crippen LogP contribution >= 0.6 is 0 Å². The molecular weight excluding hydrogens is 168 g/mol. The molecule has 0 aromatic rings. The molecule has 2 heteroatoms. The molecule has 0 aromatic carbocycles. The van der Waals surface area contributed by atoms with Crippen molar-refractivity contribution < 1.29 is 4.74 Å². The maximum Gasteiger partial charge on any atom is 0.107 e. The second-order valence-corrected chi connectivity index (χ2v) is 6.75. The van der Waals surface area contributed by atoms with Crippen LogP contribution in [0.25, 0.3) is 0 Å². The molecule has 70 valence electrons. The van der Waals surface area contributed by atoms with E-state index in [2.05, 4.69) is 12.5 Å². The standard InChI is InChI=1S/C10H19OS/c1-12(2)6-5-8-3-4-9-10(7-8)11-9/h8-10H,3-7H2,1-2H3/q+1. The van der Waals surface area contributed by atoms with E-state index in [1.54, 1.807) is 0 Å². The van der Waals surface area contributed by atoms with Crippen LogP contribution in [0.15, 0.2) is 0 Å². The highest BCUT2D eigenvalue weighted by Crippen LogP contribution is 2.40. The van der Waals surface area contributed by atoms with Gasteiger partial charge in [0.15, 0.2) is 0 Å². The Hall–Kier alpha value is 0.310. The van der Waals surface area contributed by atoms with Crippen LogP contribution in [0.5, 0.6) is 0 Å². The third kappa shape index (κ3) is 2.17. The predicted octanol–water partition coefficient (Wildman–Crippen LogP) is 1.82. The Morgan fingerprint density at radius 1 is 1.25 bits per heavy atom. The van der Waals surface area contributed by atoms with E-state index in [1.165, 1.54) is 31.4 Å². The minimum atomic E-state index is 0.644. The van der Waals surface area contributed by atoms with Crippen LogP contribution in [0.3, 0.4) is 0 Å². The first-order chi connectivity index (χ1) is 5.75. The summed E-state index contributed by atoms with van der Waals surface area (Å²) in [6.45, 7) is 0. The maximum atomic E-state index is 5.52. The molecule has 2 aliphatic rings. The fourth-order valence-corrected chi connectivity index (χ4v) is 2.96. The van der Waals surface area contributed by atoms with Crippen LogP contribution in [0.4, 0.5) is 0 Å². The monoisotopic (exact) mass is 187 g/mol. The Bertz CT molecular complexity index is 158.